The molecule has 130 valence electrons. The Labute approximate surface area is 145 Å². The molecule has 0 radical (unpaired) electrons. The molecule has 0 heterocycles. The summed E-state index contributed by atoms with van der Waals surface area (Å²) in [6.45, 7) is 5.27. The van der Waals surface area contributed by atoms with Crippen molar-refractivity contribution in [2.24, 2.45) is 0 Å². The van der Waals surface area contributed by atoms with Gasteiger partial charge in [0.1, 0.15) is 0 Å². The van der Waals surface area contributed by atoms with Crippen LogP contribution < -0.4 is 15.2 Å². The Morgan fingerprint density at radius 3 is 2.29 bits per heavy atom. The molecule has 0 unspecified atom stereocenters. The zero-order chi connectivity index (χ0) is 17.4. The van der Waals surface area contributed by atoms with E-state index in [9.17, 15) is 0 Å². The summed E-state index contributed by atoms with van der Waals surface area (Å²) in [6.07, 6.45) is 1.98. The lowest BCUT2D eigenvalue weighted by Crippen LogP contribution is -2.24. The lowest BCUT2D eigenvalue weighted by molar-refractivity contribution is 0.276. The van der Waals surface area contributed by atoms with Crippen molar-refractivity contribution in [3.05, 3.63) is 53.6 Å². The van der Waals surface area contributed by atoms with E-state index < -0.39 is 0 Å². The Morgan fingerprint density at radius 2 is 1.67 bits per heavy atom. The number of anilines is 1. The largest absolute Gasteiger partial charge is 0.493 e. The van der Waals surface area contributed by atoms with Crippen molar-refractivity contribution in [3.63, 3.8) is 0 Å². The van der Waals surface area contributed by atoms with Gasteiger partial charge in [0.05, 0.1) is 14.2 Å². The molecule has 24 heavy (non-hydrogen) atoms. The number of ether oxygens (including phenoxy) is 2. The molecule has 0 aliphatic heterocycles. The van der Waals surface area contributed by atoms with E-state index in [1.54, 1.807) is 14.2 Å². The minimum absolute atomic E-state index is 0.679. The van der Waals surface area contributed by atoms with Gasteiger partial charge in [0.2, 0.25) is 0 Å². The number of aryl methyl sites for hydroxylation is 1. The van der Waals surface area contributed by atoms with Crippen molar-refractivity contribution in [2.45, 2.75) is 26.3 Å². The Hall–Kier alpha value is -2.20. The van der Waals surface area contributed by atoms with Crippen LogP contribution in [0.5, 0.6) is 11.5 Å². The number of hydrogen-bond donors (Lipinski definition) is 1. The molecule has 0 aromatic heterocycles. The van der Waals surface area contributed by atoms with Gasteiger partial charge < -0.3 is 15.2 Å². The maximum atomic E-state index is 6.14. The molecular formula is C20H28N2O2. The molecule has 0 spiro atoms. The third kappa shape index (κ3) is 4.90. The van der Waals surface area contributed by atoms with Gasteiger partial charge in [-0.1, -0.05) is 37.3 Å². The van der Waals surface area contributed by atoms with Crippen molar-refractivity contribution in [1.82, 2.24) is 4.90 Å². The molecule has 4 heteroatoms. The summed E-state index contributed by atoms with van der Waals surface area (Å²) in [5.74, 6) is 1.41. The number of benzene rings is 2. The van der Waals surface area contributed by atoms with Crippen LogP contribution in [0.3, 0.4) is 0 Å². The van der Waals surface area contributed by atoms with E-state index in [1.165, 1.54) is 5.56 Å². The average Bonchev–Trinajstić information content (AvgIpc) is 2.62. The van der Waals surface area contributed by atoms with Crippen molar-refractivity contribution in [3.8, 4) is 11.5 Å². The van der Waals surface area contributed by atoms with Crippen molar-refractivity contribution in [1.29, 1.82) is 0 Å². The highest BCUT2D eigenvalue weighted by Gasteiger charge is 2.10. The summed E-state index contributed by atoms with van der Waals surface area (Å²) in [7, 11) is 3.27. The molecule has 4 nitrogen and oxygen atoms in total. The second kappa shape index (κ2) is 9.18. The Morgan fingerprint density at radius 1 is 1.00 bits per heavy atom. The topological polar surface area (TPSA) is 47.7 Å². The molecule has 0 aliphatic carbocycles. The van der Waals surface area contributed by atoms with Crippen LogP contribution >= 0.6 is 0 Å². The van der Waals surface area contributed by atoms with Crippen LogP contribution in [0.2, 0.25) is 0 Å². The van der Waals surface area contributed by atoms with Crippen LogP contribution in [0.25, 0.3) is 0 Å². The number of hydrogen-bond acceptors (Lipinski definition) is 4. The minimum atomic E-state index is 0.679. The van der Waals surface area contributed by atoms with Gasteiger partial charge in [-0.2, -0.15) is 0 Å². The fourth-order valence-electron chi connectivity index (χ4n) is 2.84. The lowest BCUT2D eigenvalue weighted by atomic mass is 10.1. The first-order valence-corrected chi connectivity index (χ1v) is 8.44. The van der Waals surface area contributed by atoms with E-state index in [-0.39, 0.29) is 0 Å². The van der Waals surface area contributed by atoms with E-state index in [4.69, 9.17) is 15.2 Å². The first kappa shape index (κ1) is 18.1. The Balaban J connectivity index is 1.92. The first-order chi connectivity index (χ1) is 11.7. The number of nitrogen functional groups attached to an aromatic ring is 1. The number of rotatable bonds is 9. The summed E-state index contributed by atoms with van der Waals surface area (Å²) >= 11 is 0. The molecule has 0 bridgehead atoms. The zero-order valence-electron chi connectivity index (χ0n) is 14.9. The quantitative estimate of drug-likeness (QED) is 0.712. The molecular weight excluding hydrogens is 300 g/mol. The predicted octanol–water partition coefficient (Wildman–Crippen LogP) is 3.74. The zero-order valence-corrected chi connectivity index (χ0v) is 14.9. The van der Waals surface area contributed by atoms with E-state index in [2.05, 4.69) is 42.2 Å². The van der Waals surface area contributed by atoms with Gasteiger partial charge in [-0.25, -0.2) is 0 Å². The molecule has 0 saturated heterocycles. The fraction of sp³-hybridized carbons (Fsp3) is 0.400. The maximum Gasteiger partial charge on any atom is 0.162 e. The molecule has 0 atom stereocenters. The summed E-state index contributed by atoms with van der Waals surface area (Å²) in [4.78, 5) is 2.45. The average molecular weight is 328 g/mol. The van der Waals surface area contributed by atoms with Gasteiger partial charge in [-0.05, 0) is 43.1 Å². The SMILES string of the molecule is CCN(CCCc1cc(OC)c(OC)cc1N)Cc1ccccc1. The minimum Gasteiger partial charge on any atom is -0.493 e. The highest BCUT2D eigenvalue weighted by atomic mass is 16.5. The molecule has 0 fully saturated rings. The molecule has 2 aromatic rings. The Bertz CT molecular complexity index is 629. The predicted molar refractivity (Wildman–Crippen MR) is 99.7 cm³/mol. The molecule has 0 aliphatic rings. The fourth-order valence-corrected chi connectivity index (χ4v) is 2.84. The summed E-state index contributed by atoms with van der Waals surface area (Å²) in [5, 5.41) is 0. The molecule has 2 rings (SSSR count). The van der Waals surface area contributed by atoms with E-state index in [0.717, 1.165) is 49.5 Å². The normalized spacial score (nSPS) is 10.8. The monoisotopic (exact) mass is 328 g/mol. The molecule has 0 amide bonds. The second-order valence-electron chi connectivity index (χ2n) is 5.86. The first-order valence-electron chi connectivity index (χ1n) is 8.44. The summed E-state index contributed by atoms with van der Waals surface area (Å²) in [5.41, 5.74) is 9.37. The highest BCUT2D eigenvalue weighted by molar-refractivity contribution is 5.58. The Kier molecular flexibility index (Phi) is 6.94. The maximum absolute atomic E-state index is 6.14. The van der Waals surface area contributed by atoms with E-state index in [1.807, 2.05) is 12.1 Å². The van der Waals surface area contributed by atoms with Gasteiger partial charge in [0.25, 0.3) is 0 Å². The highest BCUT2D eigenvalue weighted by Crippen LogP contribution is 2.32. The van der Waals surface area contributed by atoms with Crippen LogP contribution in [-0.4, -0.2) is 32.2 Å². The van der Waals surface area contributed by atoms with E-state index in [0.29, 0.717) is 5.75 Å². The summed E-state index contributed by atoms with van der Waals surface area (Å²) in [6, 6.07) is 14.4. The van der Waals surface area contributed by atoms with Crippen LogP contribution in [0.15, 0.2) is 42.5 Å². The van der Waals surface area contributed by atoms with Crippen molar-refractivity contribution in [2.75, 3.05) is 33.0 Å². The number of nitrogens with two attached hydrogens (primary N) is 1. The summed E-state index contributed by atoms with van der Waals surface area (Å²) < 4.78 is 10.7. The molecule has 2 N–H and O–H groups in total. The van der Waals surface area contributed by atoms with Crippen molar-refractivity contribution >= 4 is 5.69 Å². The van der Waals surface area contributed by atoms with Gasteiger partial charge in [-0.3, -0.25) is 4.90 Å². The molecule has 0 saturated carbocycles. The standard InChI is InChI=1S/C20H28N2O2/c1-4-22(15-16-9-6-5-7-10-16)12-8-11-17-13-19(23-2)20(24-3)14-18(17)21/h5-7,9-10,13-14H,4,8,11-12,15,21H2,1-3H3. The number of nitrogens with zero attached hydrogens (tertiary/aromatic N) is 1. The van der Waals surface area contributed by atoms with Gasteiger partial charge in [0.15, 0.2) is 11.5 Å². The molecule has 2 aromatic carbocycles. The van der Waals surface area contributed by atoms with Crippen LogP contribution in [0, 0.1) is 0 Å². The lowest BCUT2D eigenvalue weighted by Gasteiger charge is -2.21. The van der Waals surface area contributed by atoms with Gasteiger partial charge >= 0.3 is 0 Å². The van der Waals surface area contributed by atoms with Crippen LogP contribution in [0.1, 0.15) is 24.5 Å². The second-order valence-corrected chi connectivity index (χ2v) is 5.86. The van der Waals surface area contributed by atoms with Crippen LogP contribution in [0.4, 0.5) is 5.69 Å². The third-order valence-electron chi connectivity index (χ3n) is 4.26. The van der Waals surface area contributed by atoms with Gasteiger partial charge in [0, 0.05) is 18.3 Å². The van der Waals surface area contributed by atoms with Crippen LogP contribution in [-0.2, 0) is 13.0 Å². The van der Waals surface area contributed by atoms with E-state index >= 15 is 0 Å². The van der Waals surface area contributed by atoms with Gasteiger partial charge in [-0.15, -0.1) is 0 Å². The number of methoxy groups -OCH3 is 2. The smallest absolute Gasteiger partial charge is 0.162 e. The van der Waals surface area contributed by atoms with Crippen molar-refractivity contribution < 1.29 is 9.47 Å². The third-order valence-corrected chi connectivity index (χ3v) is 4.26.